The molecule has 2 unspecified atom stereocenters. The quantitative estimate of drug-likeness (QED) is 0.794. The second-order valence-corrected chi connectivity index (χ2v) is 5.45. The average Bonchev–Trinajstić information content (AvgIpc) is 3.01. The number of hydrogen-bond donors (Lipinski definition) is 1. The molecule has 4 nitrogen and oxygen atoms in total. The zero-order valence-corrected chi connectivity index (χ0v) is 11.9. The SMILES string of the molecule is O=C(c1cccc(C#CCO)c1)N1CCOC2CCCC21. The van der Waals surface area contributed by atoms with Crippen LogP contribution in [0.5, 0.6) is 0 Å². The highest BCUT2D eigenvalue weighted by Gasteiger charge is 2.38. The second-order valence-electron chi connectivity index (χ2n) is 5.45. The number of aliphatic hydroxyl groups is 1. The molecular weight excluding hydrogens is 266 g/mol. The number of amides is 1. The Morgan fingerprint density at radius 1 is 1.43 bits per heavy atom. The molecule has 1 aliphatic carbocycles. The Labute approximate surface area is 124 Å². The first-order chi connectivity index (χ1) is 10.3. The molecule has 0 radical (unpaired) electrons. The fraction of sp³-hybridized carbons (Fsp3) is 0.471. The fourth-order valence-corrected chi connectivity index (χ4v) is 3.22. The number of ether oxygens (including phenoxy) is 1. The van der Waals surface area contributed by atoms with Crippen molar-refractivity contribution in [2.45, 2.75) is 31.4 Å². The van der Waals surface area contributed by atoms with Gasteiger partial charge in [0.2, 0.25) is 0 Å². The van der Waals surface area contributed by atoms with Crippen LogP contribution < -0.4 is 0 Å². The zero-order valence-electron chi connectivity index (χ0n) is 11.9. The van der Waals surface area contributed by atoms with Crippen LogP contribution in [-0.4, -0.2) is 47.8 Å². The molecule has 0 spiro atoms. The van der Waals surface area contributed by atoms with E-state index in [-0.39, 0.29) is 24.7 Å². The van der Waals surface area contributed by atoms with Crippen molar-refractivity contribution in [1.29, 1.82) is 0 Å². The van der Waals surface area contributed by atoms with Crippen molar-refractivity contribution in [3.05, 3.63) is 35.4 Å². The summed E-state index contributed by atoms with van der Waals surface area (Å²) in [5.74, 6) is 5.51. The van der Waals surface area contributed by atoms with E-state index in [0.717, 1.165) is 24.8 Å². The fourth-order valence-electron chi connectivity index (χ4n) is 3.22. The summed E-state index contributed by atoms with van der Waals surface area (Å²) in [5, 5.41) is 8.75. The van der Waals surface area contributed by atoms with Crippen LogP contribution in [0.25, 0.3) is 0 Å². The molecule has 1 saturated heterocycles. The van der Waals surface area contributed by atoms with E-state index in [1.54, 1.807) is 6.07 Å². The van der Waals surface area contributed by atoms with Gasteiger partial charge in [0, 0.05) is 17.7 Å². The third-order valence-corrected chi connectivity index (χ3v) is 4.16. The van der Waals surface area contributed by atoms with Gasteiger partial charge in [-0.05, 0) is 37.5 Å². The predicted octanol–water partition coefficient (Wildman–Crippen LogP) is 1.42. The maximum absolute atomic E-state index is 12.7. The first-order valence-corrected chi connectivity index (χ1v) is 7.42. The van der Waals surface area contributed by atoms with E-state index >= 15 is 0 Å². The van der Waals surface area contributed by atoms with E-state index in [2.05, 4.69) is 11.8 Å². The Kier molecular flexibility index (Phi) is 4.23. The average molecular weight is 285 g/mol. The van der Waals surface area contributed by atoms with Gasteiger partial charge in [0.05, 0.1) is 18.8 Å². The molecule has 110 valence electrons. The molecule has 1 aromatic rings. The van der Waals surface area contributed by atoms with Crippen molar-refractivity contribution in [1.82, 2.24) is 4.90 Å². The Hall–Kier alpha value is -1.83. The van der Waals surface area contributed by atoms with Gasteiger partial charge in [-0.15, -0.1) is 0 Å². The van der Waals surface area contributed by atoms with Crippen molar-refractivity contribution in [3.8, 4) is 11.8 Å². The molecule has 2 fully saturated rings. The van der Waals surface area contributed by atoms with Gasteiger partial charge in [0.25, 0.3) is 5.91 Å². The number of nitrogens with zero attached hydrogens (tertiary/aromatic N) is 1. The number of hydrogen-bond acceptors (Lipinski definition) is 3. The second kappa shape index (κ2) is 6.30. The normalized spacial score (nSPS) is 24.1. The van der Waals surface area contributed by atoms with Gasteiger partial charge >= 0.3 is 0 Å². The summed E-state index contributed by atoms with van der Waals surface area (Å²) < 4.78 is 5.75. The van der Waals surface area contributed by atoms with E-state index in [0.29, 0.717) is 18.7 Å². The molecule has 0 bridgehead atoms. The molecule has 1 aliphatic heterocycles. The van der Waals surface area contributed by atoms with Crippen LogP contribution in [0, 0.1) is 11.8 Å². The first-order valence-electron chi connectivity index (χ1n) is 7.42. The number of morpholine rings is 1. The smallest absolute Gasteiger partial charge is 0.254 e. The Morgan fingerprint density at radius 3 is 3.19 bits per heavy atom. The maximum atomic E-state index is 12.7. The van der Waals surface area contributed by atoms with E-state index in [1.807, 2.05) is 23.1 Å². The minimum atomic E-state index is -0.175. The lowest BCUT2D eigenvalue weighted by molar-refractivity contribution is -0.0445. The van der Waals surface area contributed by atoms with Crippen LogP contribution in [-0.2, 0) is 4.74 Å². The third-order valence-electron chi connectivity index (χ3n) is 4.16. The number of fused-ring (bicyclic) bond motifs is 1. The summed E-state index contributed by atoms with van der Waals surface area (Å²) >= 11 is 0. The van der Waals surface area contributed by atoms with Gasteiger partial charge in [0.1, 0.15) is 6.61 Å². The highest BCUT2D eigenvalue weighted by molar-refractivity contribution is 5.95. The Morgan fingerprint density at radius 2 is 2.33 bits per heavy atom. The monoisotopic (exact) mass is 285 g/mol. The first kappa shape index (κ1) is 14.1. The van der Waals surface area contributed by atoms with E-state index in [4.69, 9.17) is 9.84 Å². The van der Waals surface area contributed by atoms with Gasteiger partial charge in [-0.2, -0.15) is 0 Å². The molecular formula is C17H19NO3. The molecule has 1 heterocycles. The number of carbonyl (C=O) groups excluding carboxylic acids is 1. The highest BCUT2D eigenvalue weighted by Crippen LogP contribution is 2.30. The molecule has 4 heteroatoms. The van der Waals surface area contributed by atoms with Crippen molar-refractivity contribution < 1.29 is 14.6 Å². The highest BCUT2D eigenvalue weighted by atomic mass is 16.5. The molecule has 3 rings (SSSR count). The Balaban J connectivity index is 1.81. The molecule has 21 heavy (non-hydrogen) atoms. The minimum absolute atomic E-state index is 0.0582. The number of benzene rings is 1. The number of carbonyl (C=O) groups is 1. The van der Waals surface area contributed by atoms with Crippen LogP contribution >= 0.6 is 0 Å². The van der Waals surface area contributed by atoms with Gasteiger partial charge in [0.15, 0.2) is 0 Å². The van der Waals surface area contributed by atoms with Crippen molar-refractivity contribution in [2.75, 3.05) is 19.8 Å². The van der Waals surface area contributed by atoms with Crippen molar-refractivity contribution in [3.63, 3.8) is 0 Å². The van der Waals surface area contributed by atoms with Gasteiger partial charge in [-0.3, -0.25) is 4.79 Å². The number of aliphatic hydroxyl groups excluding tert-OH is 1. The molecule has 1 aromatic carbocycles. The summed E-state index contributed by atoms with van der Waals surface area (Å²) in [6.07, 6.45) is 3.41. The van der Waals surface area contributed by atoms with E-state index < -0.39 is 0 Å². The minimum Gasteiger partial charge on any atom is -0.384 e. The van der Waals surface area contributed by atoms with Gasteiger partial charge in [-0.25, -0.2) is 0 Å². The van der Waals surface area contributed by atoms with Crippen molar-refractivity contribution in [2.24, 2.45) is 0 Å². The third kappa shape index (κ3) is 2.94. The lowest BCUT2D eigenvalue weighted by Crippen LogP contribution is -2.51. The summed E-state index contributed by atoms with van der Waals surface area (Å²) in [6.45, 7) is 1.11. The predicted molar refractivity (Wildman–Crippen MR) is 78.8 cm³/mol. The lowest BCUT2D eigenvalue weighted by atomic mass is 10.1. The standard InChI is InChI=1S/C17H19NO3/c19-10-3-5-13-4-1-6-14(12-13)17(20)18-9-11-21-16-8-2-7-15(16)18/h1,4,6,12,15-16,19H,2,7-11H2. The van der Waals surface area contributed by atoms with Crippen LogP contribution in [0.4, 0.5) is 0 Å². The summed E-state index contributed by atoms with van der Waals surface area (Å²) in [4.78, 5) is 14.7. The van der Waals surface area contributed by atoms with Crippen LogP contribution in [0.2, 0.25) is 0 Å². The summed E-state index contributed by atoms with van der Waals surface area (Å²) in [7, 11) is 0. The molecule has 1 amide bonds. The summed E-state index contributed by atoms with van der Waals surface area (Å²) in [5.41, 5.74) is 1.42. The topological polar surface area (TPSA) is 49.8 Å². The van der Waals surface area contributed by atoms with Crippen molar-refractivity contribution >= 4 is 5.91 Å². The van der Waals surface area contributed by atoms with Crippen LogP contribution in [0.3, 0.4) is 0 Å². The van der Waals surface area contributed by atoms with Crippen LogP contribution in [0.15, 0.2) is 24.3 Å². The Bertz CT molecular complexity index is 587. The lowest BCUT2D eigenvalue weighted by Gasteiger charge is -2.37. The molecule has 1 saturated carbocycles. The van der Waals surface area contributed by atoms with Crippen LogP contribution in [0.1, 0.15) is 35.2 Å². The summed E-state index contributed by atoms with van der Waals surface area (Å²) in [6, 6.07) is 7.52. The molecule has 1 N–H and O–H groups in total. The molecule has 2 atom stereocenters. The zero-order chi connectivity index (χ0) is 14.7. The molecule has 0 aromatic heterocycles. The molecule has 2 aliphatic rings. The van der Waals surface area contributed by atoms with Gasteiger partial charge < -0.3 is 14.7 Å². The van der Waals surface area contributed by atoms with E-state index in [9.17, 15) is 4.79 Å². The number of rotatable bonds is 1. The van der Waals surface area contributed by atoms with Gasteiger partial charge in [-0.1, -0.05) is 17.9 Å². The van der Waals surface area contributed by atoms with E-state index in [1.165, 1.54) is 0 Å². The maximum Gasteiger partial charge on any atom is 0.254 e. The largest absolute Gasteiger partial charge is 0.384 e.